The highest BCUT2D eigenvalue weighted by Crippen LogP contribution is 2.12. The summed E-state index contributed by atoms with van der Waals surface area (Å²) in [6.45, 7) is 7.87. The van der Waals surface area contributed by atoms with Gasteiger partial charge in [-0.3, -0.25) is 4.99 Å². The summed E-state index contributed by atoms with van der Waals surface area (Å²) < 4.78 is 0. The predicted molar refractivity (Wildman–Crippen MR) is 67.2 cm³/mol. The van der Waals surface area contributed by atoms with Crippen LogP contribution in [-0.2, 0) is 6.42 Å². The first-order chi connectivity index (χ1) is 7.24. The molecule has 0 aromatic heterocycles. The monoisotopic (exact) mass is 201 g/mol. The Morgan fingerprint density at radius 3 is 2.53 bits per heavy atom. The van der Waals surface area contributed by atoms with Gasteiger partial charge in [0.05, 0.1) is 0 Å². The van der Waals surface area contributed by atoms with Gasteiger partial charge in [0, 0.05) is 5.70 Å². The second-order valence-corrected chi connectivity index (χ2v) is 3.97. The molecular formula is C14H19N. The van der Waals surface area contributed by atoms with Crippen molar-refractivity contribution < 1.29 is 0 Å². The Hall–Kier alpha value is -1.37. The lowest BCUT2D eigenvalue weighted by Crippen LogP contribution is -1.91. The fourth-order valence-corrected chi connectivity index (χ4v) is 1.51. The third-order valence-electron chi connectivity index (χ3n) is 2.40. The molecule has 0 spiro atoms. The molecule has 0 atom stereocenters. The minimum atomic E-state index is 0.471. The molecule has 1 heteroatoms. The molecule has 0 N–H and O–H groups in total. The maximum Gasteiger partial charge on any atom is 0.0382 e. The molecule has 0 fully saturated rings. The van der Waals surface area contributed by atoms with Gasteiger partial charge in [0.15, 0.2) is 0 Å². The van der Waals surface area contributed by atoms with Crippen LogP contribution >= 0.6 is 0 Å². The number of aryl methyl sites for hydroxylation is 1. The molecule has 0 radical (unpaired) electrons. The Labute approximate surface area is 92.6 Å². The molecule has 0 saturated carbocycles. The minimum Gasteiger partial charge on any atom is -0.269 e. The van der Waals surface area contributed by atoms with E-state index in [9.17, 15) is 0 Å². The van der Waals surface area contributed by atoms with E-state index in [0.717, 1.165) is 18.5 Å². The number of benzene rings is 1. The highest BCUT2D eigenvalue weighted by Gasteiger charge is 1.98. The average molecular weight is 201 g/mol. The second kappa shape index (κ2) is 6.18. The van der Waals surface area contributed by atoms with Gasteiger partial charge in [-0.25, -0.2) is 0 Å². The third kappa shape index (κ3) is 4.11. The zero-order chi connectivity index (χ0) is 11.1. The van der Waals surface area contributed by atoms with E-state index in [0.29, 0.717) is 5.92 Å². The molecule has 0 saturated heterocycles. The van der Waals surface area contributed by atoms with Crippen LogP contribution < -0.4 is 0 Å². The SMILES string of the molecule is C=N/C(=C\CCc1ccccc1)C(C)C. The molecule has 15 heavy (non-hydrogen) atoms. The first-order valence-electron chi connectivity index (χ1n) is 5.44. The van der Waals surface area contributed by atoms with Crippen molar-refractivity contribution >= 4 is 6.72 Å². The molecule has 1 aromatic carbocycles. The molecule has 0 bridgehead atoms. The summed E-state index contributed by atoms with van der Waals surface area (Å²) in [5.41, 5.74) is 2.48. The highest BCUT2D eigenvalue weighted by molar-refractivity contribution is 5.29. The van der Waals surface area contributed by atoms with Crippen molar-refractivity contribution in [2.24, 2.45) is 10.9 Å². The van der Waals surface area contributed by atoms with Crippen molar-refractivity contribution in [2.75, 3.05) is 0 Å². The fraction of sp³-hybridized carbons (Fsp3) is 0.357. The summed E-state index contributed by atoms with van der Waals surface area (Å²) in [5.74, 6) is 0.471. The van der Waals surface area contributed by atoms with E-state index in [1.54, 1.807) is 0 Å². The lowest BCUT2D eigenvalue weighted by Gasteiger charge is -2.04. The van der Waals surface area contributed by atoms with Gasteiger partial charge < -0.3 is 0 Å². The number of nitrogens with zero attached hydrogens (tertiary/aromatic N) is 1. The van der Waals surface area contributed by atoms with Gasteiger partial charge in [0.2, 0.25) is 0 Å². The van der Waals surface area contributed by atoms with Gasteiger partial charge in [-0.05, 0) is 31.0 Å². The number of rotatable bonds is 5. The van der Waals surface area contributed by atoms with Crippen molar-refractivity contribution in [3.63, 3.8) is 0 Å². The van der Waals surface area contributed by atoms with E-state index in [-0.39, 0.29) is 0 Å². The molecule has 1 aromatic rings. The summed E-state index contributed by atoms with van der Waals surface area (Å²) in [4.78, 5) is 4.03. The lowest BCUT2D eigenvalue weighted by atomic mass is 10.1. The van der Waals surface area contributed by atoms with Crippen LogP contribution in [0.25, 0.3) is 0 Å². The maximum atomic E-state index is 4.03. The third-order valence-corrected chi connectivity index (χ3v) is 2.40. The quantitative estimate of drug-likeness (QED) is 0.641. The fourth-order valence-electron chi connectivity index (χ4n) is 1.51. The molecule has 1 nitrogen and oxygen atoms in total. The summed E-state index contributed by atoms with van der Waals surface area (Å²) in [7, 11) is 0. The van der Waals surface area contributed by atoms with E-state index < -0.39 is 0 Å². The van der Waals surface area contributed by atoms with Crippen LogP contribution in [0.15, 0.2) is 47.1 Å². The Morgan fingerprint density at radius 2 is 2.00 bits per heavy atom. The van der Waals surface area contributed by atoms with Gasteiger partial charge in [0.1, 0.15) is 0 Å². The van der Waals surface area contributed by atoms with Crippen molar-refractivity contribution in [2.45, 2.75) is 26.7 Å². The highest BCUT2D eigenvalue weighted by atomic mass is 14.7. The summed E-state index contributed by atoms with van der Waals surface area (Å²) >= 11 is 0. The summed E-state index contributed by atoms with van der Waals surface area (Å²) in [6.07, 6.45) is 4.30. The Morgan fingerprint density at radius 1 is 1.33 bits per heavy atom. The van der Waals surface area contributed by atoms with E-state index in [1.807, 2.05) is 6.07 Å². The number of allylic oxidation sites excluding steroid dienone is 2. The smallest absolute Gasteiger partial charge is 0.0382 e. The normalized spacial score (nSPS) is 11.8. The Bertz CT molecular complexity index is 322. The molecule has 0 heterocycles. The molecule has 80 valence electrons. The topological polar surface area (TPSA) is 12.4 Å². The zero-order valence-corrected chi connectivity index (χ0v) is 9.61. The number of aliphatic imine (C=N–C) groups is 1. The van der Waals surface area contributed by atoms with Gasteiger partial charge in [-0.1, -0.05) is 50.3 Å². The van der Waals surface area contributed by atoms with E-state index >= 15 is 0 Å². The van der Waals surface area contributed by atoms with Crippen LogP contribution in [0.1, 0.15) is 25.8 Å². The summed E-state index contributed by atoms with van der Waals surface area (Å²) in [5, 5.41) is 0. The number of hydrogen-bond acceptors (Lipinski definition) is 1. The molecule has 0 aliphatic carbocycles. The Balaban J connectivity index is 2.48. The molecule has 1 rings (SSSR count). The maximum absolute atomic E-state index is 4.03. The van der Waals surface area contributed by atoms with E-state index in [2.05, 4.69) is 55.9 Å². The molecular weight excluding hydrogens is 182 g/mol. The van der Waals surface area contributed by atoms with Gasteiger partial charge in [0.25, 0.3) is 0 Å². The van der Waals surface area contributed by atoms with E-state index in [1.165, 1.54) is 5.56 Å². The van der Waals surface area contributed by atoms with Gasteiger partial charge >= 0.3 is 0 Å². The minimum absolute atomic E-state index is 0.471. The molecule has 0 aliphatic heterocycles. The largest absolute Gasteiger partial charge is 0.269 e. The molecule has 0 amide bonds. The van der Waals surface area contributed by atoms with Crippen LogP contribution in [0.5, 0.6) is 0 Å². The first kappa shape index (κ1) is 11.7. The number of hydrogen-bond donors (Lipinski definition) is 0. The predicted octanol–water partition coefficient (Wildman–Crippen LogP) is 3.86. The van der Waals surface area contributed by atoms with Gasteiger partial charge in [-0.2, -0.15) is 0 Å². The average Bonchev–Trinajstić information content (AvgIpc) is 2.25. The van der Waals surface area contributed by atoms with Crippen molar-refractivity contribution in [1.82, 2.24) is 0 Å². The molecule has 0 unspecified atom stereocenters. The standard InChI is InChI=1S/C14H19N/c1-12(2)14(15-3)11-7-10-13-8-5-4-6-9-13/h4-6,8-9,11-12H,3,7,10H2,1-2H3/b14-11-. The van der Waals surface area contributed by atoms with Crippen LogP contribution in [0, 0.1) is 5.92 Å². The first-order valence-corrected chi connectivity index (χ1v) is 5.44. The van der Waals surface area contributed by atoms with Crippen LogP contribution in [0.3, 0.4) is 0 Å². The zero-order valence-electron chi connectivity index (χ0n) is 9.61. The molecule has 0 aliphatic rings. The van der Waals surface area contributed by atoms with Crippen molar-refractivity contribution in [3.05, 3.63) is 47.7 Å². The van der Waals surface area contributed by atoms with Crippen molar-refractivity contribution in [3.8, 4) is 0 Å². The van der Waals surface area contributed by atoms with Gasteiger partial charge in [-0.15, -0.1) is 0 Å². The van der Waals surface area contributed by atoms with Crippen LogP contribution in [0.4, 0.5) is 0 Å². The second-order valence-electron chi connectivity index (χ2n) is 3.97. The van der Waals surface area contributed by atoms with Crippen LogP contribution in [-0.4, -0.2) is 6.72 Å². The lowest BCUT2D eigenvalue weighted by molar-refractivity contribution is 0.749. The van der Waals surface area contributed by atoms with Crippen LogP contribution in [0.2, 0.25) is 0 Å². The Kier molecular flexibility index (Phi) is 4.82. The van der Waals surface area contributed by atoms with Crippen molar-refractivity contribution in [1.29, 1.82) is 0 Å². The summed E-state index contributed by atoms with van der Waals surface area (Å²) in [6, 6.07) is 10.5. The van der Waals surface area contributed by atoms with E-state index in [4.69, 9.17) is 0 Å².